The van der Waals surface area contributed by atoms with Gasteiger partial charge in [0.25, 0.3) is 0 Å². The third kappa shape index (κ3) is 3.04. The standard InChI is InChI=1S/C21H26O/c1-14-5-6-18(11-16(14)3)19-7-8-21-20(13-19)12-17(4)15(2)9-10-22-21/h5-8,11,13,15,17H,9-10,12H2,1-4H3. The molecule has 0 radical (unpaired) electrons. The largest absolute Gasteiger partial charge is 0.493 e. The molecule has 0 aliphatic carbocycles. The SMILES string of the molecule is Cc1ccc(-c2ccc3c(c2)CC(C)C(C)CCO3)cc1C. The zero-order valence-electron chi connectivity index (χ0n) is 14.1. The number of fused-ring (bicyclic) bond motifs is 1. The second kappa shape index (κ2) is 6.16. The van der Waals surface area contributed by atoms with Gasteiger partial charge in [0.05, 0.1) is 6.61 Å². The molecule has 2 aromatic rings. The maximum atomic E-state index is 5.98. The zero-order valence-corrected chi connectivity index (χ0v) is 14.1. The van der Waals surface area contributed by atoms with E-state index in [1.807, 2.05) is 0 Å². The highest BCUT2D eigenvalue weighted by Gasteiger charge is 2.19. The van der Waals surface area contributed by atoms with Crippen molar-refractivity contribution < 1.29 is 4.74 Å². The van der Waals surface area contributed by atoms with Gasteiger partial charge < -0.3 is 4.74 Å². The van der Waals surface area contributed by atoms with E-state index in [-0.39, 0.29) is 0 Å². The number of ether oxygens (including phenoxy) is 1. The zero-order chi connectivity index (χ0) is 15.7. The van der Waals surface area contributed by atoms with Crippen molar-refractivity contribution in [2.24, 2.45) is 11.8 Å². The second-order valence-corrected chi connectivity index (χ2v) is 6.92. The highest BCUT2D eigenvalue weighted by molar-refractivity contribution is 5.67. The minimum Gasteiger partial charge on any atom is -0.493 e. The molecule has 3 rings (SSSR count). The van der Waals surface area contributed by atoms with Crippen molar-refractivity contribution in [2.75, 3.05) is 6.61 Å². The number of rotatable bonds is 1. The van der Waals surface area contributed by atoms with Gasteiger partial charge in [0.1, 0.15) is 5.75 Å². The lowest BCUT2D eigenvalue weighted by Gasteiger charge is -2.25. The summed E-state index contributed by atoms with van der Waals surface area (Å²) in [7, 11) is 0. The molecule has 116 valence electrons. The summed E-state index contributed by atoms with van der Waals surface area (Å²) < 4.78 is 5.98. The van der Waals surface area contributed by atoms with Crippen LogP contribution in [0.15, 0.2) is 36.4 Å². The van der Waals surface area contributed by atoms with E-state index in [0.717, 1.165) is 31.1 Å². The van der Waals surface area contributed by atoms with Crippen LogP contribution in [-0.4, -0.2) is 6.61 Å². The molecule has 0 saturated heterocycles. The first-order chi connectivity index (χ1) is 10.5. The predicted octanol–water partition coefficient (Wildman–Crippen LogP) is 5.57. The van der Waals surface area contributed by atoms with E-state index in [0.29, 0.717) is 5.92 Å². The first-order valence-corrected chi connectivity index (χ1v) is 8.38. The Kier molecular flexibility index (Phi) is 4.24. The van der Waals surface area contributed by atoms with E-state index in [2.05, 4.69) is 64.1 Å². The van der Waals surface area contributed by atoms with Crippen LogP contribution < -0.4 is 4.74 Å². The fourth-order valence-corrected chi connectivity index (χ4v) is 3.17. The van der Waals surface area contributed by atoms with Crippen LogP contribution in [0, 0.1) is 25.7 Å². The summed E-state index contributed by atoms with van der Waals surface area (Å²) >= 11 is 0. The Hall–Kier alpha value is -1.76. The number of aryl methyl sites for hydroxylation is 2. The summed E-state index contributed by atoms with van der Waals surface area (Å²) in [5, 5.41) is 0. The first kappa shape index (κ1) is 15.1. The summed E-state index contributed by atoms with van der Waals surface area (Å²) in [5.41, 5.74) is 6.65. The molecule has 1 heteroatoms. The highest BCUT2D eigenvalue weighted by Crippen LogP contribution is 2.33. The summed E-state index contributed by atoms with van der Waals surface area (Å²) in [4.78, 5) is 0. The van der Waals surface area contributed by atoms with Crippen molar-refractivity contribution in [3.05, 3.63) is 53.1 Å². The molecule has 1 aliphatic rings. The molecule has 0 spiro atoms. The van der Waals surface area contributed by atoms with Gasteiger partial charge in [0, 0.05) is 0 Å². The Morgan fingerprint density at radius 2 is 1.59 bits per heavy atom. The predicted molar refractivity (Wildman–Crippen MR) is 93.5 cm³/mol. The summed E-state index contributed by atoms with van der Waals surface area (Å²) in [5.74, 6) is 2.50. The van der Waals surface area contributed by atoms with E-state index in [9.17, 15) is 0 Å². The van der Waals surface area contributed by atoms with Gasteiger partial charge in [-0.05, 0) is 78.5 Å². The van der Waals surface area contributed by atoms with Crippen LogP contribution in [0.25, 0.3) is 11.1 Å². The van der Waals surface area contributed by atoms with Gasteiger partial charge >= 0.3 is 0 Å². The molecule has 0 saturated carbocycles. The third-order valence-electron chi connectivity index (χ3n) is 5.24. The molecule has 0 bridgehead atoms. The second-order valence-electron chi connectivity index (χ2n) is 6.92. The smallest absolute Gasteiger partial charge is 0.122 e. The van der Waals surface area contributed by atoms with Gasteiger partial charge in [-0.2, -0.15) is 0 Å². The molecule has 0 N–H and O–H groups in total. The van der Waals surface area contributed by atoms with Crippen molar-refractivity contribution in [1.29, 1.82) is 0 Å². The molecule has 2 unspecified atom stereocenters. The number of hydrogen-bond acceptors (Lipinski definition) is 1. The minimum absolute atomic E-state index is 0.706. The van der Waals surface area contributed by atoms with Crippen LogP contribution in [0.3, 0.4) is 0 Å². The summed E-state index contributed by atoms with van der Waals surface area (Å²) in [6.45, 7) is 9.88. The van der Waals surface area contributed by atoms with Crippen molar-refractivity contribution in [1.82, 2.24) is 0 Å². The molecule has 0 fully saturated rings. The molecule has 0 aromatic heterocycles. The Labute approximate surface area is 134 Å². The lowest BCUT2D eigenvalue weighted by atomic mass is 9.86. The van der Waals surface area contributed by atoms with Crippen molar-refractivity contribution in [3.8, 4) is 16.9 Å². The maximum Gasteiger partial charge on any atom is 0.122 e. The van der Waals surface area contributed by atoms with Crippen LogP contribution in [-0.2, 0) is 6.42 Å². The fraction of sp³-hybridized carbons (Fsp3) is 0.429. The van der Waals surface area contributed by atoms with Crippen LogP contribution in [0.1, 0.15) is 37.0 Å². The first-order valence-electron chi connectivity index (χ1n) is 8.38. The highest BCUT2D eigenvalue weighted by atomic mass is 16.5. The van der Waals surface area contributed by atoms with Gasteiger partial charge in [0.15, 0.2) is 0 Å². The molecule has 1 aliphatic heterocycles. The van der Waals surface area contributed by atoms with Crippen LogP contribution in [0.2, 0.25) is 0 Å². The van der Waals surface area contributed by atoms with E-state index < -0.39 is 0 Å². The number of hydrogen-bond donors (Lipinski definition) is 0. The van der Waals surface area contributed by atoms with Gasteiger partial charge in [-0.3, -0.25) is 0 Å². The molecule has 2 atom stereocenters. The van der Waals surface area contributed by atoms with Gasteiger partial charge in [-0.25, -0.2) is 0 Å². The molecule has 0 amide bonds. The molecule has 22 heavy (non-hydrogen) atoms. The average molecular weight is 294 g/mol. The van der Waals surface area contributed by atoms with E-state index in [1.165, 1.54) is 27.8 Å². The quantitative estimate of drug-likeness (QED) is 0.668. The van der Waals surface area contributed by atoms with E-state index in [1.54, 1.807) is 0 Å². The Bertz CT molecular complexity index is 672. The average Bonchev–Trinajstić information content (AvgIpc) is 2.50. The van der Waals surface area contributed by atoms with Gasteiger partial charge in [0.2, 0.25) is 0 Å². The molecule has 1 heterocycles. The summed E-state index contributed by atoms with van der Waals surface area (Å²) in [6.07, 6.45) is 2.26. The van der Waals surface area contributed by atoms with Crippen LogP contribution in [0.5, 0.6) is 5.75 Å². The van der Waals surface area contributed by atoms with E-state index in [4.69, 9.17) is 4.74 Å². The van der Waals surface area contributed by atoms with Crippen molar-refractivity contribution in [2.45, 2.75) is 40.5 Å². The Balaban J connectivity index is 1.98. The minimum atomic E-state index is 0.706. The number of benzene rings is 2. The Morgan fingerprint density at radius 3 is 2.36 bits per heavy atom. The molecule has 1 nitrogen and oxygen atoms in total. The Morgan fingerprint density at radius 1 is 0.864 bits per heavy atom. The fourth-order valence-electron chi connectivity index (χ4n) is 3.17. The third-order valence-corrected chi connectivity index (χ3v) is 5.24. The van der Waals surface area contributed by atoms with Crippen molar-refractivity contribution in [3.63, 3.8) is 0 Å². The van der Waals surface area contributed by atoms with Gasteiger partial charge in [-0.15, -0.1) is 0 Å². The van der Waals surface area contributed by atoms with Crippen molar-refractivity contribution >= 4 is 0 Å². The normalized spacial score (nSPS) is 21.5. The van der Waals surface area contributed by atoms with Gasteiger partial charge in [-0.1, -0.05) is 38.1 Å². The van der Waals surface area contributed by atoms with E-state index >= 15 is 0 Å². The molecular formula is C21H26O. The molecule has 2 aromatic carbocycles. The lowest BCUT2D eigenvalue weighted by molar-refractivity contribution is 0.234. The monoisotopic (exact) mass is 294 g/mol. The molecular weight excluding hydrogens is 268 g/mol. The van der Waals surface area contributed by atoms with Crippen LogP contribution in [0.4, 0.5) is 0 Å². The maximum absolute atomic E-state index is 5.98. The summed E-state index contributed by atoms with van der Waals surface area (Å²) in [6, 6.07) is 13.4. The van der Waals surface area contributed by atoms with Crippen LogP contribution >= 0.6 is 0 Å². The lowest BCUT2D eigenvalue weighted by Crippen LogP contribution is -2.18. The topological polar surface area (TPSA) is 9.23 Å².